The summed E-state index contributed by atoms with van der Waals surface area (Å²) < 4.78 is 5.40. The van der Waals surface area contributed by atoms with E-state index in [4.69, 9.17) is 4.74 Å². The van der Waals surface area contributed by atoms with Gasteiger partial charge in [-0.3, -0.25) is 0 Å². The normalized spacial score (nSPS) is 20.8. The number of hydrogen-bond donors (Lipinski definition) is 1. The van der Waals surface area contributed by atoms with Gasteiger partial charge in [0.25, 0.3) is 0 Å². The first-order valence-electron chi connectivity index (χ1n) is 6.53. The molecule has 0 aromatic heterocycles. The Kier molecular flexibility index (Phi) is 6.26. The second-order valence-electron chi connectivity index (χ2n) is 5.18. The molecule has 0 aromatic rings. The summed E-state index contributed by atoms with van der Waals surface area (Å²) in [5.74, 6) is 1.69. The zero-order valence-electron chi connectivity index (χ0n) is 10.6. The zero-order chi connectivity index (χ0) is 11.1. The smallest absolute Gasteiger partial charge is 0.0468 e. The molecule has 2 nitrogen and oxygen atoms in total. The highest BCUT2D eigenvalue weighted by Crippen LogP contribution is 2.22. The van der Waals surface area contributed by atoms with Crippen molar-refractivity contribution in [1.29, 1.82) is 0 Å². The third-order valence-corrected chi connectivity index (χ3v) is 3.21. The lowest BCUT2D eigenvalue weighted by molar-refractivity contribution is 0.0598. The molecule has 15 heavy (non-hydrogen) atoms. The first kappa shape index (κ1) is 13.0. The Morgan fingerprint density at radius 1 is 1.27 bits per heavy atom. The maximum atomic E-state index is 5.40. The molecule has 0 spiro atoms. The van der Waals surface area contributed by atoms with E-state index in [1.807, 2.05) is 0 Å². The molecular formula is C13H27NO. The molecule has 2 heteroatoms. The molecule has 90 valence electrons. The summed E-state index contributed by atoms with van der Waals surface area (Å²) in [5.41, 5.74) is 0. The average Bonchev–Trinajstić information content (AvgIpc) is 2.18. The molecule has 1 atom stereocenters. The van der Waals surface area contributed by atoms with Crippen LogP contribution in [0.1, 0.15) is 46.5 Å². The van der Waals surface area contributed by atoms with Crippen LogP contribution in [0.4, 0.5) is 0 Å². The van der Waals surface area contributed by atoms with Gasteiger partial charge >= 0.3 is 0 Å². The Morgan fingerprint density at radius 3 is 2.47 bits per heavy atom. The van der Waals surface area contributed by atoms with Crippen LogP contribution >= 0.6 is 0 Å². The quantitative estimate of drug-likeness (QED) is 0.732. The topological polar surface area (TPSA) is 21.3 Å². The minimum atomic E-state index is 0.720. The largest absolute Gasteiger partial charge is 0.381 e. The summed E-state index contributed by atoms with van der Waals surface area (Å²) in [7, 11) is 0. The Labute approximate surface area is 94.8 Å². The Bertz CT molecular complexity index is 153. The highest BCUT2D eigenvalue weighted by molar-refractivity contribution is 4.74. The molecular weight excluding hydrogens is 186 g/mol. The first-order chi connectivity index (χ1) is 7.22. The molecule has 0 aromatic carbocycles. The maximum Gasteiger partial charge on any atom is 0.0468 e. The fourth-order valence-electron chi connectivity index (χ4n) is 2.51. The molecule has 0 radical (unpaired) electrons. The highest BCUT2D eigenvalue weighted by atomic mass is 16.5. The van der Waals surface area contributed by atoms with Gasteiger partial charge < -0.3 is 10.1 Å². The van der Waals surface area contributed by atoms with Crippen LogP contribution in [-0.2, 0) is 4.74 Å². The van der Waals surface area contributed by atoms with Gasteiger partial charge in [-0.2, -0.15) is 0 Å². The van der Waals surface area contributed by atoms with Gasteiger partial charge in [0, 0.05) is 19.3 Å². The second-order valence-corrected chi connectivity index (χ2v) is 5.18. The van der Waals surface area contributed by atoms with E-state index < -0.39 is 0 Å². The minimum absolute atomic E-state index is 0.720. The van der Waals surface area contributed by atoms with Crippen molar-refractivity contribution in [3.63, 3.8) is 0 Å². The lowest BCUT2D eigenvalue weighted by Gasteiger charge is -2.28. The van der Waals surface area contributed by atoms with E-state index >= 15 is 0 Å². The van der Waals surface area contributed by atoms with Crippen LogP contribution in [0.25, 0.3) is 0 Å². The molecule has 0 bridgehead atoms. The van der Waals surface area contributed by atoms with Crippen LogP contribution in [0, 0.1) is 11.8 Å². The molecule has 0 saturated carbocycles. The predicted molar refractivity (Wildman–Crippen MR) is 65.1 cm³/mol. The van der Waals surface area contributed by atoms with Crippen molar-refractivity contribution < 1.29 is 4.74 Å². The number of rotatable bonds is 6. The minimum Gasteiger partial charge on any atom is -0.381 e. The third kappa shape index (κ3) is 5.53. The highest BCUT2D eigenvalue weighted by Gasteiger charge is 2.19. The van der Waals surface area contributed by atoms with Crippen LogP contribution in [0.2, 0.25) is 0 Å². The summed E-state index contributed by atoms with van der Waals surface area (Å²) in [4.78, 5) is 0. The summed E-state index contributed by atoms with van der Waals surface area (Å²) in [6, 6.07) is 0.720. The van der Waals surface area contributed by atoms with Crippen LogP contribution in [-0.4, -0.2) is 25.8 Å². The Balaban J connectivity index is 2.28. The van der Waals surface area contributed by atoms with E-state index in [9.17, 15) is 0 Å². The van der Waals surface area contributed by atoms with E-state index in [0.29, 0.717) is 0 Å². The van der Waals surface area contributed by atoms with E-state index in [1.165, 1.54) is 25.7 Å². The maximum absolute atomic E-state index is 5.40. The van der Waals surface area contributed by atoms with Gasteiger partial charge in [0.15, 0.2) is 0 Å². The standard InChI is InChI=1S/C13H27NO/c1-4-14-13(9-11(2)3)10-12-5-7-15-8-6-12/h11-14H,4-10H2,1-3H3. The fourth-order valence-corrected chi connectivity index (χ4v) is 2.51. The monoisotopic (exact) mass is 213 g/mol. The first-order valence-corrected chi connectivity index (χ1v) is 6.53. The van der Waals surface area contributed by atoms with E-state index in [-0.39, 0.29) is 0 Å². The van der Waals surface area contributed by atoms with Gasteiger partial charge in [-0.05, 0) is 44.1 Å². The number of nitrogens with one attached hydrogen (secondary N) is 1. The van der Waals surface area contributed by atoms with E-state index in [1.54, 1.807) is 0 Å². The van der Waals surface area contributed by atoms with Gasteiger partial charge in [-0.15, -0.1) is 0 Å². The van der Waals surface area contributed by atoms with Crippen molar-refractivity contribution >= 4 is 0 Å². The van der Waals surface area contributed by atoms with Crippen molar-refractivity contribution in [1.82, 2.24) is 5.32 Å². The molecule has 1 saturated heterocycles. The SMILES string of the molecule is CCNC(CC(C)C)CC1CCOCC1. The molecule has 1 rings (SSSR count). The van der Waals surface area contributed by atoms with Gasteiger partial charge in [0.2, 0.25) is 0 Å². The summed E-state index contributed by atoms with van der Waals surface area (Å²) in [6.07, 6.45) is 5.18. The number of ether oxygens (including phenoxy) is 1. The third-order valence-electron chi connectivity index (χ3n) is 3.21. The zero-order valence-corrected chi connectivity index (χ0v) is 10.6. The van der Waals surface area contributed by atoms with Crippen molar-refractivity contribution in [2.75, 3.05) is 19.8 Å². The van der Waals surface area contributed by atoms with Gasteiger partial charge in [-0.1, -0.05) is 20.8 Å². The van der Waals surface area contributed by atoms with Crippen molar-refractivity contribution in [3.8, 4) is 0 Å². The molecule has 1 aliphatic rings. The molecule has 1 N–H and O–H groups in total. The molecule has 1 unspecified atom stereocenters. The lowest BCUT2D eigenvalue weighted by Crippen LogP contribution is -2.33. The predicted octanol–water partition coefficient (Wildman–Crippen LogP) is 2.83. The van der Waals surface area contributed by atoms with E-state index in [0.717, 1.165) is 37.6 Å². The lowest BCUT2D eigenvalue weighted by atomic mass is 9.89. The van der Waals surface area contributed by atoms with Crippen molar-refractivity contribution in [3.05, 3.63) is 0 Å². The molecule has 0 aliphatic carbocycles. The van der Waals surface area contributed by atoms with Gasteiger partial charge in [-0.25, -0.2) is 0 Å². The summed E-state index contributed by atoms with van der Waals surface area (Å²) in [6.45, 7) is 9.89. The van der Waals surface area contributed by atoms with Crippen LogP contribution in [0.3, 0.4) is 0 Å². The van der Waals surface area contributed by atoms with Crippen LogP contribution < -0.4 is 5.32 Å². The molecule has 0 amide bonds. The molecule has 1 fully saturated rings. The molecule has 1 heterocycles. The van der Waals surface area contributed by atoms with Gasteiger partial charge in [0.05, 0.1) is 0 Å². The van der Waals surface area contributed by atoms with Gasteiger partial charge in [0.1, 0.15) is 0 Å². The number of hydrogen-bond acceptors (Lipinski definition) is 2. The van der Waals surface area contributed by atoms with Crippen molar-refractivity contribution in [2.45, 2.75) is 52.5 Å². The second kappa shape index (κ2) is 7.24. The Hall–Kier alpha value is -0.0800. The summed E-state index contributed by atoms with van der Waals surface area (Å²) >= 11 is 0. The van der Waals surface area contributed by atoms with E-state index in [2.05, 4.69) is 26.1 Å². The fraction of sp³-hybridized carbons (Fsp3) is 1.00. The summed E-state index contributed by atoms with van der Waals surface area (Å²) in [5, 5.41) is 3.62. The van der Waals surface area contributed by atoms with Crippen LogP contribution in [0.5, 0.6) is 0 Å². The molecule has 1 aliphatic heterocycles. The average molecular weight is 213 g/mol. The van der Waals surface area contributed by atoms with Crippen LogP contribution in [0.15, 0.2) is 0 Å². The Morgan fingerprint density at radius 2 is 1.93 bits per heavy atom. The van der Waals surface area contributed by atoms with Crippen molar-refractivity contribution in [2.24, 2.45) is 11.8 Å².